The first-order valence-corrected chi connectivity index (χ1v) is 5.47. The Bertz CT molecular complexity index is 505. The summed E-state index contributed by atoms with van der Waals surface area (Å²) in [6.07, 6.45) is 1.73. The van der Waals surface area contributed by atoms with Crippen LogP contribution in [0, 0.1) is 0 Å². The molecule has 0 aliphatic heterocycles. The van der Waals surface area contributed by atoms with Gasteiger partial charge in [0, 0.05) is 11.6 Å². The van der Waals surface area contributed by atoms with E-state index < -0.39 is 0 Å². The lowest BCUT2D eigenvalue weighted by Gasteiger charge is -2.01. The predicted octanol–water partition coefficient (Wildman–Crippen LogP) is 3.70. The Hall–Kier alpha value is -1.48. The Morgan fingerprint density at radius 3 is 2.69 bits per heavy atom. The van der Waals surface area contributed by atoms with Gasteiger partial charge in [0.05, 0.1) is 16.8 Å². The molecular formula is C12H13ClN2O. The number of aromatic nitrogens is 1. The van der Waals surface area contributed by atoms with E-state index in [-0.39, 0.29) is 0 Å². The van der Waals surface area contributed by atoms with Crippen molar-refractivity contribution in [3.63, 3.8) is 0 Å². The molecule has 0 unspecified atom stereocenters. The van der Waals surface area contributed by atoms with E-state index in [0.29, 0.717) is 22.5 Å². The second kappa shape index (κ2) is 4.18. The summed E-state index contributed by atoms with van der Waals surface area (Å²) in [6.45, 7) is 4.10. The summed E-state index contributed by atoms with van der Waals surface area (Å²) in [6, 6.07) is 5.28. The quantitative estimate of drug-likeness (QED) is 0.809. The first-order valence-electron chi connectivity index (χ1n) is 5.09. The van der Waals surface area contributed by atoms with E-state index in [2.05, 4.69) is 18.8 Å². The van der Waals surface area contributed by atoms with Gasteiger partial charge in [-0.25, -0.2) is 4.98 Å². The molecule has 2 aromatic rings. The van der Waals surface area contributed by atoms with Crippen LogP contribution in [0.1, 0.15) is 25.5 Å². The zero-order valence-electron chi connectivity index (χ0n) is 9.20. The highest BCUT2D eigenvalue weighted by Crippen LogP contribution is 2.30. The van der Waals surface area contributed by atoms with Gasteiger partial charge < -0.3 is 10.2 Å². The molecule has 1 aromatic heterocycles. The number of hydrogen-bond acceptors (Lipinski definition) is 3. The lowest BCUT2D eigenvalue weighted by Crippen LogP contribution is -1.86. The molecule has 0 saturated heterocycles. The molecule has 0 radical (unpaired) electrons. The highest BCUT2D eigenvalue weighted by atomic mass is 35.5. The summed E-state index contributed by atoms with van der Waals surface area (Å²) < 4.78 is 5.62. The third-order valence-corrected chi connectivity index (χ3v) is 2.63. The van der Waals surface area contributed by atoms with E-state index >= 15 is 0 Å². The van der Waals surface area contributed by atoms with E-state index in [9.17, 15) is 0 Å². The van der Waals surface area contributed by atoms with Gasteiger partial charge in [0.2, 0.25) is 5.89 Å². The molecule has 0 fully saturated rings. The van der Waals surface area contributed by atoms with Crippen molar-refractivity contribution < 1.29 is 4.42 Å². The number of nitrogen functional groups attached to an aromatic ring is 1. The average molecular weight is 237 g/mol. The van der Waals surface area contributed by atoms with E-state index in [4.69, 9.17) is 21.8 Å². The fourth-order valence-electron chi connectivity index (χ4n) is 1.38. The van der Waals surface area contributed by atoms with Crippen molar-refractivity contribution in [2.75, 3.05) is 5.73 Å². The number of nitrogens with two attached hydrogens (primary N) is 1. The van der Waals surface area contributed by atoms with E-state index in [1.165, 1.54) is 0 Å². The van der Waals surface area contributed by atoms with Crippen molar-refractivity contribution in [2.45, 2.75) is 19.8 Å². The topological polar surface area (TPSA) is 52.0 Å². The van der Waals surface area contributed by atoms with E-state index in [1.54, 1.807) is 18.3 Å². The summed E-state index contributed by atoms with van der Waals surface area (Å²) in [4.78, 5) is 4.21. The summed E-state index contributed by atoms with van der Waals surface area (Å²) in [5, 5.41) is 0.553. The lowest BCUT2D eigenvalue weighted by molar-refractivity contribution is 0.495. The zero-order valence-corrected chi connectivity index (χ0v) is 9.95. The Kier molecular flexibility index (Phi) is 2.88. The molecule has 0 aliphatic carbocycles. The smallest absolute Gasteiger partial charge is 0.227 e. The number of anilines is 1. The Morgan fingerprint density at radius 1 is 1.38 bits per heavy atom. The largest absolute Gasteiger partial charge is 0.441 e. The van der Waals surface area contributed by atoms with Crippen LogP contribution in [0.15, 0.2) is 28.8 Å². The molecule has 2 N–H and O–H groups in total. The average Bonchev–Trinajstić information content (AvgIpc) is 2.66. The lowest BCUT2D eigenvalue weighted by atomic mass is 10.2. The van der Waals surface area contributed by atoms with Crippen molar-refractivity contribution >= 4 is 17.3 Å². The molecule has 0 bridgehead atoms. The maximum atomic E-state index is 6.07. The molecule has 1 heterocycles. The second-order valence-electron chi connectivity index (χ2n) is 3.96. The SMILES string of the molecule is CC(C)c1cnc(-c2ccc(N)cc2Cl)o1. The molecule has 4 heteroatoms. The van der Waals surface area contributed by atoms with Crippen molar-refractivity contribution in [1.82, 2.24) is 4.98 Å². The van der Waals surface area contributed by atoms with Crippen molar-refractivity contribution in [3.8, 4) is 11.5 Å². The van der Waals surface area contributed by atoms with Gasteiger partial charge in [-0.15, -0.1) is 0 Å². The van der Waals surface area contributed by atoms with Crippen LogP contribution in [0.5, 0.6) is 0 Å². The highest BCUT2D eigenvalue weighted by Gasteiger charge is 2.12. The zero-order chi connectivity index (χ0) is 11.7. The molecule has 84 valence electrons. The van der Waals surface area contributed by atoms with Crippen LogP contribution >= 0.6 is 11.6 Å². The minimum Gasteiger partial charge on any atom is -0.441 e. The van der Waals surface area contributed by atoms with Gasteiger partial charge in [0.25, 0.3) is 0 Å². The summed E-state index contributed by atoms with van der Waals surface area (Å²) in [5.74, 6) is 1.70. The van der Waals surface area contributed by atoms with Crippen molar-refractivity contribution in [3.05, 3.63) is 35.2 Å². The molecule has 1 aromatic carbocycles. The minimum atomic E-state index is 0.314. The summed E-state index contributed by atoms with van der Waals surface area (Å²) >= 11 is 6.07. The minimum absolute atomic E-state index is 0.314. The number of nitrogens with zero attached hydrogens (tertiary/aromatic N) is 1. The van der Waals surface area contributed by atoms with Gasteiger partial charge in [-0.1, -0.05) is 25.4 Å². The Morgan fingerprint density at radius 2 is 2.12 bits per heavy atom. The van der Waals surface area contributed by atoms with E-state index in [0.717, 1.165) is 11.3 Å². The van der Waals surface area contributed by atoms with Crippen molar-refractivity contribution in [1.29, 1.82) is 0 Å². The van der Waals surface area contributed by atoms with Crippen LogP contribution in [0.2, 0.25) is 5.02 Å². The van der Waals surface area contributed by atoms with Crippen LogP contribution in [-0.4, -0.2) is 4.98 Å². The normalized spacial score (nSPS) is 11.0. The third kappa shape index (κ3) is 2.04. The fourth-order valence-corrected chi connectivity index (χ4v) is 1.65. The van der Waals surface area contributed by atoms with Gasteiger partial charge in [0.15, 0.2) is 0 Å². The van der Waals surface area contributed by atoms with Gasteiger partial charge in [0.1, 0.15) is 5.76 Å². The van der Waals surface area contributed by atoms with Gasteiger partial charge in [-0.2, -0.15) is 0 Å². The van der Waals surface area contributed by atoms with E-state index in [1.807, 2.05) is 6.07 Å². The number of benzene rings is 1. The molecule has 3 nitrogen and oxygen atoms in total. The first-order chi connectivity index (χ1) is 7.58. The van der Waals surface area contributed by atoms with Gasteiger partial charge >= 0.3 is 0 Å². The molecular weight excluding hydrogens is 224 g/mol. The number of oxazole rings is 1. The van der Waals surface area contributed by atoms with Crippen LogP contribution in [0.25, 0.3) is 11.5 Å². The van der Waals surface area contributed by atoms with Gasteiger partial charge in [-0.3, -0.25) is 0 Å². The highest BCUT2D eigenvalue weighted by molar-refractivity contribution is 6.33. The standard InChI is InChI=1S/C12H13ClN2O/c1-7(2)11-6-15-12(16-11)9-4-3-8(14)5-10(9)13/h3-7H,14H2,1-2H3. The van der Waals surface area contributed by atoms with Crippen LogP contribution in [0.3, 0.4) is 0 Å². The maximum absolute atomic E-state index is 6.07. The number of halogens is 1. The van der Waals surface area contributed by atoms with Crippen LogP contribution in [-0.2, 0) is 0 Å². The Labute approximate surface area is 99.2 Å². The summed E-state index contributed by atoms with van der Waals surface area (Å²) in [5.41, 5.74) is 7.02. The fraction of sp³-hybridized carbons (Fsp3) is 0.250. The Balaban J connectivity index is 2.42. The van der Waals surface area contributed by atoms with Gasteiger partial charge in [-0.05, 0) is 18.2 Å². The monoisotopic (exact) mass is 236 g/mol. The second-order valence-corrected chi connectivity index (χ2v) is 4.37. The molecule has 0 aliphatic rings. The molecule has 0 spiro atoms. The molecule has 0 atom stereocenters. The van der Waals surface area contributed by atoms with Crippen molar-refractivity contribution in [2.24, 2.45) is 0 Å². The molecule has 0 amide bonds. The first kappa shape index (κ1) is 11.0. The number of rotatable bonds is 2. The maximum Gasteiger partial charge on any atom is 0.227 e. The van der Waals surface area contributed by atoms with Crippen LogP contribution in [0.4, 0.5) is 5.69 Å². The van der Waals surface area contributed by atoms with Crippen LogP contribution < -0.4 is 5.73 Å². The summed E-state index contributed by atoms with van der Waals surface area (Å²) in [7, 11) is 0. The predicted molar refractivity (Wildman–Crippen MR) is 65.5 cm³/mol. The molecule has 0 saturated carbocycles. The number of hydrogen-bond donors (Lipinski definition) is 1. The third-order valence-electron chi connectivity index (χ3n) is 2.32. The molecule has 2 rings (SSSR count). The molecule has 16 heavy (non-hydrogen) atoms.